The molecule has 0 radical (unpaired) electrons. The number of ether oxygens (including phenoxy) is 3. The third-order valence-corrected chi connectivity index (χ3v) is 11.7. The largest absolute Gasteiger partial charge is 0.495 e. The first-order chi connectivity index (χ1) is 28.0. The highest BCUT2D eigenvalue weighted by Gasteiger charge is 2.29. The van der Waals surface area contributed by atoms with Gasteiger partial charge in [-0.1, -0.05) is 74.5 Å². The lowest BCUT2D eigenvalue weighted by Gasteiger charge is -2.24. The van der Waals surface area contributed by atoms with Crippen molar-refractivity contribution < 1.29 is 39.1 Å². The number of Topliss-reactive ketones (excluding diaryl/α,β-unsaturated/α-hetero) is 2. The van der Waals surface area contributed by atoms with E-state index in [1.54, 1.807) is 19.2 Å². The zero-order chi connectivity index (χ0) is 41.7. The van der Waals surface area contributed by atoms with E-state index in [4.69, 9.17) is 14.2 Å². The van der Waals surface area contributed by atoms with E-state index in [-0.39, 0.29) is 42.9 Å². The molecule has 2 atom stereocenters. The van der Waals surface area contributed by atoms with Crippen LogP contribution in [0.15, 0.2) is 84.9 Å². The summed E-state index contributed by atoms with van der Waals surface area (Å²) in [6, 6.07) is 27.7. The molecule has 8 heteroatoms. The fourth-order valence-corrected chi connectivity index (χ4v) is 8.60. The Hall–Kier alpha value is -5.54. The number of carbonyl (C=O) groups excluding carboxylic acids is 2. The number of aliphatic hydroxyl groups excluding tert-OH is 3. The lowest BCUT2D eigenvalue weighted by molar-refractivity contribution is 0.0968. The molecule has 0 bridgehead atoms. The highest BCUT2D eigenvalue weighted by molar-refractivity contribution is 6.15. The minimum atomic E-state index is -0.416. The average molecular weight is 783 g/mol. The maximum atomic E-state index is 14.3. The molecule has 0 aliphatic heterocycles. The van der Waals surface area contributed by atoms with Crippen molar-refractivity contribution in [3.8, 4) is 28.4 Å². The summed E-state index contributed by atoms with van der Waals surface area (Å²) in [6.07, 6.45) is 1.75. The van der Waals surface area contributed by atoms with Gasteiger partial charge in [0.2, 0.25) is 0 Å². The van der Waals surface area contributed by atoms with Crippen LogP contribution in [0.1, 0.15) is 111 Å². The van der Waals surface area contributed by atoms with Crippen LogP contribution in [0.3, 0.4) is 0 Å². The van der Waals surface area contributed by atoms with Crippen LogP contribution in [-0.4, -0.2) is 48.2 Å². The summed E-state index contributed by atoms with van der Waals surface area (Å²) in [4.78, 5) is 28.5. The topological polar surface area (TPSA) is 123 Å². The summed E-state index contributed by atoms with van der Waals surface area (Å²) < 4.78 is 17.9. The summed E-state index contributed by atoms with van der Waals surface area (Å²) in [5, 5.41) is 34.9. The smallest absolute Gasteiger partial charge is 0.172 e. The first kappa shape index (κ1) is 42.1. The Morgan fingerprint density at radius 2 is 1.05 bits per heavy atom. The predicted octanol–water partition coefficient (Wildman–Crippen LogP) is 10.3. The first-order valence-corrected chi connectivity index (χ1v) is 19.9. The molecule has 0 amide bonds. The van der Waals surface area contributed by atoms with E-state index >= 15 is 0 Å². The SMILES string of the molecule is COc1cc2c(CO)c(-c3c(C)cc4c(C(=O)CC[C@@H](C)c5ccccc5)c(CO)c(CO)cc4c3OC)c(C)cc2c(C(=O)CC[C@H](C)c2ccccc2)c1OC. The second-order valence-electron chi connectivity index (χ2n) is 15.2. The molecule has 0 aromatic heterocycles. The van der Waals surface area contributed by atoms with Gasteiger partial charge >= 0.3 is 0 Å². The van der Waals surface area contributed by atoms with Crippen LogP contribution in [-0.2, 0) is 19.8 Å². The van der Waals surface area contributed by atoms with Gasteiger partial charge in [-0.15, -0.1) is 0 Å². The summed E-state index contributed by atoms with van der Waals surface area (Å²) in [6.45, 7) is 6.91. The fraction of sp³-hybridized carbons (Fsp3) is 0.320. The van der Waals surface area contributed by atoms with Gasteiger partial charge in [0.05, 0.1) is 46.7 Å². The van der Waals surface area contributed by atoms with Crippen LogP contribution < -0.4 is 14.2 Å². The molecule has 3 N–H and O–H groups in total. The van der Waals surface area contributed by atoms with Gasteiger partial charge in [-0.3, -0.25) is 9.59 Å². The maximum Gasteiger partial charge on any atom is 0.172 e. The van der Waals surface area contributed by atoms with Crippen molar-refractivity contribution in [3.63, 3.8) is 0 Å². The van der Waals surface area contributed by atoms with Gasteiger partial charge in [0.25, 0.3) is 0 Å². The van der Waals surface area contributed by atoms with Gasteiger partial charge in [-0.2, -0.15) is 0 Å². The van der Waals surface area contributed by atoms with Crippen molar-refractivity contribution in [3.05, 3.63) is 135 Å². The Morgan fingerprint density at radius 3 is 1.53 bits per heavy atom. The number of hydrogen-bond acceptors (Lipinski definition) is 8. The first-order valence-electron chi connectivity index (χ1n) is 19.9. The molecule has 6 aromatic carbocycles. The number of fused-ring (bicyclic) bond motifs is 2. The van der Waals surface area contributed by atoms with Crippen molar-refractivity contribution in [1.82, 2.24) is 0 Å². The van der Waals surface area contributed by atoms with E-state index in [0.29, 0.717) is 85.0 Å². The van der Waals surface area contributed by atoms with Crippen LogP contribution >= 0.6 is 0 Å². The van der Waals surface area contributed by atoms with Gasteiger partial charge in [0, 0.05) is 29.4 Å². The molecule has 58 heavy (non-hydrogen) atoms. The molecule has 8 nitrogen and oxygen atoms in total. The molecule has 0 saturated carbocycles. The van der Waals surface area contributed by atoms with Crippen LogP contribution in [0, 0.1) is 13.8 Å². The Morgan fingerprint density at radius 1 is 0.552 bits per heavy atom. The van der Waals surface area contributed by atoms with Crippen LogP contribution in [0.5, 0.6) is 17.2 Å². The molecule has 0 spiro atoms. The van der Waals surface area contributed by atoms with Crippen LogP contribution in [0.25, 0.3) is 32.7 Å². The number of aliphatic hydroxyl groups is 3. The van der Waals surface area contributed by atoms with E-state index in [0.717, 1.165) is 27.8 Å². The van der Waals surface area contributed by atoms with Gasteiger partial charge < -0.3 is 29.5 Å². The summed E-state index contributed by atoms with van der Waals surface area (Å²) >= 11 is 0. The third-order valence-electron chi connectivity index (χ3n) is 11.7. The zero-order valence-electron chi connectivity index (χ0n) is 34.6. The van der Waals surface area contributed by atoms with E-state index < -0.39 is 13.2 Å². The Labute approximate surface area is 341 Å². The fourth-order valence-electron chi connectivity index (χ4n) is 8.60. The number of rotatable bonds is 17. The quantitative estimate of drug-likeness (QED) is 0.0782. The van der Waals surface area contributed by atoms with E-state index in [9.17, 15) is 24.9 Å². The van der Waals surface area contributed by atoms with Crippen LogP contribution in [0.2, 0.25) is 0 Å². The number of carbonyl (C=O) groups is 2. The normalized spacial score (nSPS) is 12.4. The number of aryl methyl sites for hydroxylation is 2. The molecule has 0 saturated heterocycles. The average Bonchev–Trinajstić information content (AvgIpc) is 3.25. The molecule has 0 heterocycles. The monoisotopic (exact) mass is 782 g/mol. The van der Waals surface area contributed by atoms with Gasteiger partial charge in [0.15, 0.2) is 23.1 Å². The van der Waals surface area contributed by atoms with Crippen molar-refractivity contribution in [1.29, 1.82) is 0 Å². The Bertz CT molecular complexity index is 2280. The summed E-state index contributed by atoms with van der Waals surface area (Å²) in [5.41, 5.74) is 7.47. The van der Waals surface area contributed by atoms with E-state index in [1.807, 2.05) is 62.4 Å². The second kappa shape index (κ2) is 18.4. The lowest BCUT2D eigenvalue weighted by Crippen LogP contribution is -2.11. The van der Waals surface area contributed by atoms with Gasteiger partial charge in [-0.05, 0) is 123 Å². The van der Waals surface area contributed by atoms with E-state index in [1.165, 1.54) is 14.2 Å². The molecular weight excluding hydrogens is 729 g/mol. The van der Waals surface area contributed by atoms with Crippen molar-refractivity contribution in [2.45, 2.75) is 85.0 Å². The zero-order valence-corrected chi connectivity index (χ0v) is 34.6. The lowest BCUT2D eigenvalue weighted by atomic mass is 9.82. The highest BCUT2D eigenvalue weighted by Crippen LogP contribution is 2.48. The van der Waals surface area contributed by atoms with Crippen molar-refractivity contribution in [2.75, 3.05) is 21.3 Å². The molecule has 0 aliphatic carbocycles. The molecule has 302 valence electrons. The molecule has 0 aliphatic rings. The van der Waals surface area contributed by atoms with E-state index in [2.05, 4.69) is 38.1 Å². The van der Waals surface area contributed by atoms with Gasteiger partial charge in [-0.25, -0.2) is 0 Å². The number of benzene rings is 6. The number of hydrogen-bond donors (Lipinski definition) is 3. The molecule has 0 fully saturated rings. The predicted molar refractivity (Wildman–Crippen MR) is 231 cm³/mol. The summed E-state index contributed by atoms with van der Waals surface area (Å²) in [5.74, 6) is 1.25. The minimum absolute atomic E-state index is 0.0920. The standard InChI is InChI=1S/C50H54O8/c1-29(33-14-10-8-11-15-33)18-20-42(54)47-38-23-32(4)46(49(57-6)39(38)24-35(26-51)40(47)27-52)45-31(3)22-37-36(41(45)28-53)25-44(56-5)50(58-7)48(37)43(55)21-19-30(2)34-16-12-9-13-17-34/h8-17,22-25,29-30,51-53H,18-21,26-28H2,1-7H3/t29-,30+/m1/s1. The molecule has 0 unspecified atom stereocenters. The minimum Gasteiger partial charge on any atom is -0.495 e. The maximum absolute atomic E-state index is 14.3. The molecule has 6 rings (SSSR count). The number of methoxy groups -OCH3 is 3. The van der Waals surface area contributed by atoms with Crippen molar-refractivity contribution >= 4 is 33.1 Å². The number of ketones is 2. The second-order valence-corrected chi connectivity index (χ2v) is 15.2. The third kappa shape index (κ3) is 7.97. The summed E-state index contributed by atoms with van der Waals surface area (Å²) in [7, 11) is 4.62. The highest BCUT2D eigenvalue weighted by atomic mass is 16.5. The molecular formula is C50H54O8. The van der Waals surface area contributed by atoms with Crippen molar-refractivity contribution in [2.24, 2.45) is 0 Å². The molecule has 6 aromatic rings. The van der Waals surface area contributed by atoms with Crippen LogP contribution in [0.4, 0.5) is 0 Å². The van der Waals surface area contributed by atoms with Gasteiger partial charge in [0.1, 0.15) is 5.75 Å². The Balaban J connectivity index is 1.53. The Kier molecular flexibility index (Phi) is 13.3.